The zero-order chi connectivity index (χ0) is 22.3. The lowest BCUT2D eigenvalue weighted by Crippen LogP contribution is -2.20. The van der Waals surface area contributed by atoms with Crippen LogP contribution < -0.4 is 14.4 Å². The highest BCUT2D eigenvalue weighted by atomic mass is 19.4. The summed E-state index contributed by atoms with van der Waals surface area (Å²) in [6, 6.07) is 6.95. The lowest BCUT2D eigenvalue weighted by Gasteiger charge is -2.23. The van der Waals surface area contributed by atoms with Crippen LogP contribution in [0.25, 0.3) is 0 Å². The Hall–Kier alpha value is -2.51. The molecule has 31 heavy (non-hydrogen) atoms. The molecule has 1 heterocycles. The van der Waals surface area contributed by atoms with Crippen molar-refractivity contribution < 1.29 is 22.6 Å². The van der Waals surface area contributed by atoms with E-state index in [0.29, 0.717) is 18.0 Å². The Morgan fingerprint density at radius 1 is 1.06 bits per heavy atom. The molecule has 0 unspecified atom stereocenters. The maximum absolute atomic E-state index is 13.6. The van der Waals surface area contributed by atoms with Gasteiger partial charge < -0.3 is 14.4 Å². The van der Waals surface area contributed by atoms with Gasteiger partial charge in [-0.3, -0.25) is 0 Å². The van der Waals surface area contributed by atoms with Crippen LogP contribution in [0.4, 0.5) is 24.7 Å². The Morgan fingerprint density at radius 3 is 2.42 bits per heavy atom. The first-order valence-electron chi connectivity index (χ1n) is 11.0. The van der Waals surface area contributed by atoms with Crippen molar-refractivity contribution in [1.82, 2.24) is 9.97 Å². The van der Waals surface area contributed by atoms with Crippen LogP contribution in [0.1, 0.15) is 63.9 Å². The first kappa shape index (κ1) is 23.2. The molecule has 0 atom stereocenters. The maximum atomic E-state index is 13.6. The Bertz CT molecular complexity index is 822. The summed E-state index contributed by atoms with van der Waals surface area (Å²) in [4.78, 5) is 9.34. The molecule has 0 bridgehead atoms. The number of aromatic nitrogens is 2. The minimum Gasteiger partial charge on any atom is -0.494 e. The lowest BCUT2D eigenvalue weighted by molar-refractivity contribution is -0.137. The van der Waals surface area contributed by atoms with Crippen molar-refractivity contribution >= 4 is 11.5 Å². The third kappa shape index (κ3) is 6.48. The molecule has 1 aliphatic carbocycles. The van der Waals surface area contributed by atoms with Crippen LogP contribution in [0.3, 0.4) is 0 Å². The Kier molecular flexibility index (Phi) is 7.98. The standard InChI is InChI=1S/C23H30F3N3O2/c1-3-4-5-8-15-30-18-13-11-17(12-14-18)29(2)21-20(23(24,25)26)16-27-22(28-21)31-19-9-6-7-10-19/h11-14,16,19H,3-10,15H2,1-2H3. The van der Waals surface area contributed by atoms with Gasteiger partial charge in [0, 0.05) is 18.9 Å². The molecule has 0 N–H and O–H groups in total. The minimum absolute atomic E-state index is 0.0196. The van der Waals surface area contributed by atoms with Gasteiger partial charge in [-0.15, -0.1) is 0 Å². The predicted octanol–water partition coefficient (Wildman–Crippen LogP) is 6.54. The molecule has 5 nitrogen and oxygen atoms in total. The number of ether oxygens (including phenoxy) is 2. The Labute approximate surface area is 181 Å². The van der Waals surface area contributed by atoms with Gasteiger partial charge in [-0.2, -0.15) is 18.2 Å². The van der Waals surface area contributed by atoms with E-state index in [0.717, 1.165) is 51.1 Å². The summed E-state index contributed by atoms with van der Waals surface area (Å²) < 4.78 is 52.2. The molecule has 8 heteroatoms. The SMILES string of the molecule is CCCCCCOc1ccc(N(C)c2nc(OC3CCCC3)ncc2C(F)(F)F)cc1. The normalized spacial score (nSPS) is 14.6. The van der Waals surface area contributed by atoms with E-state index in [1.165, 1.54) is 11.3 Å². The van der Waals surface area contributed by atoms with Crippen LogP contribution in [0, 0.1) is 0 Å². The van der Waals surface area contributed by atoms with E-state index < -0.39 is 11.7 Å². The van der Waals surface area contributed by atoms with Crippen molar-refractivity contribution in [3.8, 4) is 11.8 Å². The molecule has 1 aromatic heterocycles. The Balaban J connectivity index is 1.74. The second-order valence-corrected chi connectivity index (χ2v) is 7.87. The van der Waals surface area contributed by atoms with Crippen LogP contribution in [0.2, 0.25) is 0 Å². The van der Waals surface area contributed by atoms with Crippen LogP contribution in [-0.4, -0.2) is 29.7 Å². The van der Waals surface area contributed by atoms with Crippen LogP contribution in [-0.2, 0) is 6.18 Å². The molecule has 0 spiro atoms. The number of hydrogen-bond acceptors (Lipinski definition) is 5. The summed E-state index contributed by atoms with van der Waals surface area (Å²) in [6.07, 6.45) is 4.47. The minimum atomic E-state index is -4.57. The van der Waals surface area contributed by atoms with E-state index in [9.17, 15) is 13.2 Å². The third-order valence-corrected chi connectivity index (χ3v) is 5.43. The highest BCUT2D eigenvalue weighted by Gasteiger charge is 2.37. The van der Waals surface area contributed by atoms with Gasteiger partial charge in [0.15, 0.2) is 5.82 Å². The fourth-order valence-corrected chi connectivity index (χ4v) is 3.63. The number of nitrogens with zero attached hydrogens (tertiary/aromatic N) is 3. The number of benzene rings is 1. The van der Waals surface area contributed by atoms with Gasteiger partial charge in [0.2, 0.25) is 0 Å². The molecule has 0 radical (unpaired) electrons. The van der Waals surface area contributed by atoms with Gasteiger partial charge in [-0.05, 0) is 56.4 Å². The number of hydrogen-bond donors (Lipinski definition) is 0. The smallest absolute Gasteiger partial charge is 0.421 e. The maximum Gasteiger partial charge on any atom is 0.421 e. The van der Waals surface area contributed by atoms with Gasteiger partial charge in [-0.25, -0.2) is 4.98 Å². The molecular formula is C23H30F3N3O2. The van der Waals surface area contributed by atoms with Crippen LogP contribution >= 0.6 is 0 Å². The van der Waals surface area contributed by atoms with E-state index >= 15 is 0 Å². The summed E-state index contributed by atoms with van der Waals surface area (Å²) in [5.74, 6) is 0.460. The average Bonchev–Trinajstić information content (AvgIpc) is 3.26. The van der Waals surface area contributed by atoms with E-state index in [2.05, 4.69) is 16.9 Å². The Morgan fingerprint density at radius 2 is 1.77 bits per heavy atom. The van der Waals surface area contributed by atoms with E-state index in [-0.39, 0.29) is 17.9 Å². The van der Waals surface area contributed by atoms with Gasteiger partial charge in [0.25, 0.3) is 0 Å². The fourth-order valence-electron chi connectivity index (χ4n) is 3.63. The fraction of sp³-hybridized carbons (Fsp3) is 0.565. The van der Waals surface area contributed by atoms with Crippen molar-refractivity contribution in [3.05, 3.63) is 36.0 Å². The quantitative estimate of drug-likeness (QED) is 0.395. The van der Waals surface area contributed by atoms with Crippen LogP contribution in [0.5, 0.6) is 11.8 Å². The molecule has 1 saturated carbocycles. The highest BCUT2D eigenvalue weighted by Crippen LogP contribution is 2.38. The third-order valence-electron chi connectivity index (χ3n) is 5.43. The summed E-state index contributed by atoms with van der Waals surface area (Å²) >= 11 is 0. The summed E-state index contributed by atoms with van der Waals surface area (Å²) in [5.41, 5.74) is -0.334. The number of rotatable bonds is 10. The van der Waals surface area contributed by atoms with Gasteiger partial charge >= 0.3 is 12.2 Å². The second kappa shape index (κ2) is 10.7. The zero-order valence-electron chi connectivity index (χ0n) is 18.1. The monoisotopic (exact) mass is 437 g/mol. The largest absolute Gasteiger partial charge is 0.494 e. The highest BCUT2D eigenvalue weighted by molar-refractivity contribution is 5.63. The molecule has 0 saturated heterocycles. The van der Waals surface area contributed by atoms with E-state index in [4.69, 9.17) is 9.47 Å². The average molecular weight is 438 g/mol. The molecule has 0 amide bonds. The predicted molar refractivity (Wildman–Crippen MR) is 114 cm³/mol. The van der Waals surface area contributed by atoms with Crippen molar-refractivity contribution in [1.29, 1.82) is 0 Å². The summed E-state index contributed by atoms with van der Waals surface area (Å²) in [6.45, 7) is 2.78. The number of halogens is 3. The van der Waals surface area contributed by atoms with Gasteiger partial charge in [-0.1, -0.05) is 26.2 Å². The molecule has 170 valence electrons. The van der Waals surface area contributed by atoms with Gasteiger partial charge in [0.1, 0.15) is 17.4 Å². The van der Waals surface area contributed by atoms with Crippen LogP contribution in [0.15, 0.2) is 30.5 Å². The zero-order valence-corrected chi connectivity index (χ0v) is 18.1. The molecule has 1 aliphatic rings. The molecule has 1 aromatic carbocycles. The molecule has 3 rings (SSSR count). The molecular weight excluding hydrogens is 407 g/mol. The summed E-state index contributed by atoms with van der Waals surface area (Å²) in [5, 5.41) is 0. The molecule has 1 fully saturated rings. The van der Waals surface area contributed by atoms with E-state index in [1.54, 1.807) is 31.3 Å². The van der Waals surface area contributed by atoms with Crippen molar-refractivity contribution in [2.45, 2.75) is 70.6 Å². The van der Waals surface area contributed by atoms with Crippen molar-refractivity contribution in [2.75, 3.05) is 18.6 Å². The first-order chi connectivity index (χ1) is 14.9. The number of unbranched alkanes of at least 4 members (excludes halogenated alkanes) is 3. The second-order valence-electron chi connectivity index (χ2n) is 7.87. The summed E-state index contributed by atoms with van der Waals surface area (Å²) in [7, 11) is 1.55. The number of anilines is 2. The molecule has 2 aromatic rings. The van der Waals surface area contributed by atoms with Gasteiger partial charge in [0.05, 0.1) is 6.61 Å². The topological polar surface area (TPSA) is 47.5 Å². The van der Waals surface area contributed by atoms with Crippen molar-refractivity contribution in [3.63, 3.8) is 0 Å². The van der Waals surface area contributed by atoms with Crippen molar-refractivity contribution in [2.24, 2.45) is 0 Å². The first-order valence-corrected chi connectivity index (χ1v) is 11.0. The number of alkyl halides is 3. The molecule has 0 aliphatic heterocycles. The van der Waals surface area contributed by atoms with E-state index in [1.807, 2.05) is 0 Å². The lowest BCUT2D eigenvalue weighted by atomic mass is 10.2.